The summed E-state index contributed by atoms with van der Waals surface area (Å²) in [6.07, 6.45) is 5.68. The van der Waals surface area contributed by atoms with Crippen molar-refractivity contribution in [1.29, 1.82) is 0 Å². The second kappa shape index (κ2) is 2.26. The fourth-order valence-corrected chi connectivity index (χ4v) is 1.46. The lowest BCUT2D eigenvalue weighted by Gasteiger charge is -2.24. The molecule has 0 aromatic rings. The molecule has 0 bridgehead atoms. The van der Waals surface area contributed by atoms with Crippen LogP contribution in [0.15, 0.2) is 23.3 Å². The van der Waals surface area contributed by atoms with Crippen LogP contribution in [-0.2, 0) is 0 Å². The number of allylic oxidation sites excluding steroid dienone is 4. The molecule has 0 amide bonds. The molecule has 1 rings (SSSR count). The summed E-state index contributed by atoms with van der Waals surface area (Å²) in [5, 5.41) is 0. The van der Waals surface area contributed by atoms with Gasteiger partial charge in [-0.2, -0.15) is 0 Å². The molecule has 0 N–H and O–H groups in total. The molecule has 1 aliphatic rings. The maximum absolute atomic E-state index is 2.29. The Morgan fingerprint density at radius 2 is 1.90 bits per heavy atom. The van der Waals surface area contributed by atoms with Gasteiger partial charge in [-0.25, -0.2) is 0 Å². The van der Waals surface area contributed by atoms with E-state index in [1.807, 2.05) is 0 Å². The zero-order valence-corrected chi connectivity index (χ0v) is 7.36. The molecule has 10 heavy (non-hydrogen) atoms. The Labute approximate surface area is 63.6 Å². The van der Waals surface area contributed by atoms with Gasteiger partial charge in [-0.3, -0.25) is 0 Å². The van der Waals surface area contributed by atoms with Crippen molar-refractivity contribution in [2.24, 2.45) is 5.41 Å². The summed E-state index contributed by atoms with van der Waals surface area (Å²) < 4.78 is 0. The largest absolute Gasteiger partial charge is 0.0636 e. The third-order valence-corrected chi connectivity index (χ3v) is 2.70. The molecular weight excluding hydrogens is 120 g/mol. The first-order valence-corrected chi connectivity index (χ1v) is 3.97. The maximum atomic E-state index is 2.29. The molecule has 0 unspecified atom stereocenters. The van der Waals surface area contributed by atoms with Crippen molar-refractivity contribution in [2.45, 2.75) is 34.1 Å². The van der Waals surface area contributed by atoms with Gasteiger partial charge in [0.25, 0.3) is 0 Å². The van der Waals surface area contributed by atoms with E-state index in [0.29, 0.717) is 5.41 Å². The molecule has 0 aromatic heterocycles. The first-order chi connectivity index (χ1) is 4.59. The minimum atomic E-state index is 0.342. The topological polar surface area (TPSA) is 0 Å². The Hall–Kier alpha value is -0.520. The van der Waals surface area contributed by atoms with E-state index in [-0.39, 0.29) is 0 Å². The van der Waals surface area contributed by atoms with E-state index in [4.69, 9.17) is 0 Å². The van der Waals surface area contributed by atoms with Crippen molar-refractivity contribution in [3.05, 3.63) is 23.3 Å². The predicted molar refractivity (Wildman–Crippen MR) is 45.9 cm³/mol. The van der Waals surface area contributed by atoms with E-state index in [9.17, 15) is 0 Å². The van der Waals surface area contributed by atoms with Crippen LogP contribution in [0.25, 0.3) is 0 Å². The summed E-state index contributed by atoms with van der Waals surface area (Å²) >= 11 is 0. The molecule has 0 heterocycles. The van der Waals surface area contributed by atoms with Gasteiger partial charge in [0, 0.05) is 5.41 Å². The fourth-order valence-electron chi connectivity index (χ4n) is 1.46. The molecule has 0 heteroatoms. The highest BCUT2D eigenvalue weighted by Crippen LogP contribution is 2.40. The molecular formula is C10H16. The first-order valence-electron chi connectivity index (χ1n) is 3.97. The highest BCUT2D eigenvalue weighted by atomic mass is 14.3. The first kappa shape index (κ1) is 7.59. The average molecular weight is 136 g/mol. The minimum absolute atomic E-state index is 0.342. The van der Waals surface area contributed by atoms with Gasteiger partial charge >= 0.3 is 0 Å². The third-order valence-electron chi connectivity index (χ3n) is 2.70. The van der Waals surface area contributed by atoms with Gasteiger partial charge in [0.1, 0.15) is 0 Å². The average Bonchev–Trinajstić information content (AvgIpc) is 2.10. The van der Waals surface area contributed by atoms with Crippen molar-refractivity contribution in [3.63, 3.8) is 0 Å². The monoisotopic (exact) mass is 136 g/mol. The predicted octanol–water partition coefficient (Wildman–Crippen LogP) is 3.31. The maximum Gasteiger partial charge on any atom is 0.00673 e. The zero-order chi connectivity index (χ0) is 7.78. The van der Waals surface area contributed by atoms with E-state index in [1.54, 1.807) is 5.57 Å². The van der Waals surface area contributed by atoms with Crippen LogP contribution in [0.1, 0.15) is 34.1 Å². The number of hydrogen-bond donors (Lipinski definition) is 0. The summed E-state index contributed by atoms with van der Waals surface area (Å²) in [7, 11) is 0. The lowest BCUT2D eigenvalue weighted by Crippen LogP contribution is -2.12. The molecule has 0 saturated carbocycles. The van der Waals surface area contributed by atoms with Crippen LogP contribution in [0.3, 0.4) is 0 Å². The summed E-state index contributed by atoms with van der Waals surface area (Å²) in [5.74, 6) is 0. The van der Waals surface area contributed by atoms with E-state index in [0.717, 1.165) is 0 Å². The molecule has 0 atom stereocenters. The normalized spacial score (nSPS) is 22.4. The van der Waals surface area contributed by atoms with Crippen molar-refractivity contribution in [2.75, 3.05) is 0 Å². The fraction of sp³-hybridized carbons (Fsp3) is 0.600. The quantitative estimate of drug-likeness (QED) is 0.518. The van der Waals surface area contributed by atoms with Crippen LogP contribution in [0.4, 0.5) is 0 Å². The highest BCUT2D eigenvalue weighted by Gasteiger charge is 2.26. The Bertz CT molecular complexity index is 192. The van der Waals surface area contributed by atoms with Gasteiger partial charge < -0.3 is 0 Å². The Morgan fingerprint density at radius 1 is 1.30 bits per heavy atom. The minimum Gasteiger partial charge on any atom is -0.0636 e. The molecule has 0 nitrogen and oxygen atoms in total. The highest BCUT2D eigenvalue weighted by molar-refractivity contribution is 5.37. The summed E-state index contributed by atoms with van der Waals surface area (Å²) in [5.41, 5.74) is 3.39. The third kappa shape index (κ3) is 0.920. The zero-order valence-electron chi connectivity index (χ0n) is 7.36. The van der Waals surface area contributed by atoms with Crippen LogP contribution in [-0.4, -0.2) is 0 Å². The van der Waals surface area contributed by atoms with E-state index in [1.165, 1.54) is 12.0 Å². The number of hydrogen-bond acceptors (Lipinski definition) is 0. The lowest BCUT2D eigenvalue weighted by molar-refractivity contribution is 0.533. The molecule has 0 saturated heterocycles. The summed E-state index contributed by atoms with van der Waals surface area (Å²) in [6, 6.07) is 0. The Morgan fingerprint density at radius 3 is 2.10 bits per heavy atom. The second-order valence-corrected chi connectivity index (χ2v) is 3.52. The molecule has 0 fully saturated rings. The Kier molecular flexibility index (Phi) is 1.72. The van der Waals surface area contributed by atoms with Gasteiger partial charge in [0.2, 0.25) is 0 Å². The second-order valence-electron chi connectivity index (χ2n) is 3.52. The van der Waals surface area contributed by atoms with Gasteiger partial charge in [-0.15, -0.1) is 0 Å². The van der Waals surface area contributed by atoms with Crippen LogP contribution in [0, 0.1) is 5.41 Å². The van der Waals surface area contributed by atoms with Crippen LogP contribution < -0.4 is 0 Å². The lowest BCUT2D eigenvalue weighted by atomic mass is 9.81. The van der Waals surface area contributed by atoms with Crippen molar-refractivity contribution < 1.29 is 0 Å². The molecule has 0 spiro atoms. The van der Waals surface area contributed by atoms with Crippen molar-refractivity contribution in [1.82, 2.24) is 0 Å². The molecule has 0 aromatic carbocycles. The molecule has 56 valence electrons. The van der Waals surface area contributed by atoms with Gasteiger partial charge in [-0.05, 0) is 13.3 Å². The summed E-state index contributed by atoms with van der Waals surface area (Å²) in [4.78, 5) is 0. The van der Waals surface area contributed by atoms with Crippen LogP contribution in [0.5, 0.6) is 0 Å². The van der Waals surface area contributed by atoms with Crippen molar-refractivity contribution >= 4 is 0 Å². The van der Waals surface area contributed by atoms with E-state index < -0.39 is 0 Å². The van der Waals surface area contributed by atoms with Gasteiger partial charge in [-0.1, -0.05) is 44.1 Å². The van der Waals surface area contributed by atoms with Gasteiger partial charge in [0.05, 0.1) is 0 Å². The van der Waals surface area contributed by atoms with Gasteiger partial charge in [0.15, 0.2) is 0 Å². The van der Waals surface area contributed by atoms with Crippen molar-refractivity contribution in [3.8, 4) is 0 Å². The number of rotatable bonds is 1. The molecule has 1 aliphatic carbocycles. The molecule has 0 aliphatic heterocycles. The van der Waals surface area contributed by atoms with E-state index in [2.05, 4.69) is 39.8 Å². The van der Waals surface area contributed by atoms with Crippen LogP contribution in [0.2, 0.25) is 0 Å². The van der Waals surface area contributed by atoms with Crippen LogP contribution >= 0.6 is 0 Å². The SMILES string of the molecule is CCC1=CC=C(C)C1(C)C. The molecule has 0 radical (unpaired) electrons. The Balaban J connectivity index is 2.89. The smallest absolute Gasteiger partial charge is 0.00673 e. The standard InChI is InChI=1S/C10H16/c1-5-9-7-6-8(2)10(9,3)4/h6-7H,5H2,1-4H3. The summed E-state index contributed by atoms with van der Waals surface area (Å²) in [6.45, 7) is 9.02. The van der Waals surface area contributed by atoms with E-state index >= 15 is 0 Å².